The highest BCUT2D eigenvalue weighted by Crippen LogP contribution is 2.37. The van der Waals surface area contributed by atoms with E-state index in [0.29, 0.717) is 23.9 Å². The summed E-state index contributed by atoms with van der Waals surface area (Å²) in [5, 5.41) is 35.4. The molecule has 0 bridgehead atoms. The number of aliphatic hydroxyl groups excluding tert-OH is 3. The predicted molar refractivity (Wildman–Crippen MR) is 151 cm³/mol. The number of aryl methyl sites for hydroxylation is 1. The van der Waals surface area contributed by atoms with Crippen molar-refractivity contribution in [3.8, 4) is 5.75 Å². The van der Waals surface area contributed by atoms with Gasteiger partial charge in [0.05, 0.1) is 36.5 Å². The number of benzene rings is 2. The van der Waals surface area contributed by atoms with Crippen LogP contribution in [-0.4, -0.2) is 73.0 Å². The van der Waals surface area contributed by atoms with Crippen LogP contribution in [0.1, 0.15) is 12.6 Å². The lowest BCUT2D eigenvalue weighted by molar-refractivity contribution is -0.0553. The number of halogens is 2. The molecule has 2 aromatic carbocycles. The van der Waals surface area contributed by atoms with Gasteiger partial charge in [0.2, 0.25) is 0 Å². The highest BCUT2D eigenvalue weighted by Gasteiger charge is 2.44. The van der Waals surface area contributed by atoms with Crippen LogP contribution in [0.25, 0.3) is 32.7 Å². The minimum Gasteiger partial charge on any atom is -0.497 e. The average molecular weight is 584 g/mol. The molecular weight excluding hydrogens is 557 g/mol. The molecule has 1 saturated heterocycles. The number of aliphatic hydroxyl groups is 3. The van der Waals surface area contributed by atoms with Crippen molar-refractivity contribution >= 4 is 50.1 Å². The summed E-state index contributed by atoms with van der Waals surface area (Å²) >= 11 is 6.55. The number of hydrogen-bond donors (Lipinski definition) is 4. The van der Waals surface area contributed by atoms with E-state index in [1.807, 2.05) is 42.5 Å². The van der Waals surface area contributed by atoms with Gasteiger partial charge in [-0.1, -0.05) is 35.9 Å². The molecule has 6 rings (SSSR count). The summed E-state index contributed by atoms with van der Waals surface area (Å²) in [5.74, 6) is -0.391. The Labute approximate surface area is 237 Å². The van der Waals surface area contributed by atoms with Crippen molar-refractivity contribution in [2.45, 2.75) is 37.5 Å². The van der Waals surface area contributed by atoms with E-state index < -0.39 is 42.7 Å². The van der Waals surface area contributed by atoms with E-state index in [1.165, 1.54) is 0 Å². The van der Waals surface area contributed by atoms with E-state index in [2.05, 4.69) is 14.9 Å². The van der Waals surface area contributed by atoms with E-state index in [-0.39, 0.29) is 12.4 Å². The number of nitrogens with zero attached hydrogens (tertiary/aromatic N) is 4. The van der Waals surface area contributed by atoms with Crippen LogP contribution in [0.15, 0.2) is 53.5 Å². The molecule has 5 aromatic rings. The van der Waals surface area contributed by atoms with Crippen LogP contribution in [0.5, 0.6) is 5.75 Å². The molecule has 41 heavy (non-hydrogen) atoms. The molecular formula is C28H27ClFN5O6. The molecule has 1 aliphatic heterocycles. The van der Waals surface area contributed by atoms with Crippen LogP contribution >= 0.6 is 11.6 Å². The zero-order valence-corrected chi connectivity index (χ0v) is 22.6. The van der Waals surface area contributed by atoms with Gasteiger partial charge >= 0.3 is 5.69 Å². The van der Waals surface area contributed by atoms with Gasteiger partial charge in [-0.2, -0.15) is 4.98 Å². The molecule has 4 heterocycles. The van der Waals surface area contributed by atoms with Crippen molar-refractivity contribution in [2.75, 3.05) is 25.6 Å². The number of pyridine rings is 1. The zero-order valence-electron chi connectivity index (χ0n) is 21.9. The Morgan fingerprint density at radius 2 is 1.90 bits per heavy atom. The second-order valence-electron chi connectivity index (χ2n) is 9.82. The van der Waals surface area contributed by atoms with Crippen molar-refractivity contribution in [3.63, 3.8) is 0 Å². The van der Waals surface area contributed by atoms with E-state index in [1.54, 1.807) is 7.11 Å². The number of anilines is 1. The van der Waals surface area contributed by atoms with Gasteiger partial charge in [-0.25, -0.2) is 14.2 Å². The topological polar surface area (TPSA) is 144 Å². The molecule has 0 saturated carbocycles. The SMILES string of the molecule is COc1ccc2c(c1)c1nc(Cl)c3ccccc3c1n2CCCNc1nc(=O)n([C@@H]2O[C@H](CO)[C@@H](O)[C@H]2O)cc1F. The van der Waals surface area contributed by atoms with E-state index >= 15 is 0 Å². The second-order valence-corrected chi connectivity index (χ2v) is 10.2. The Morgan fingerprint density at radius 1 is 1.12 bits per heavy atom. The van der Waals surface area contributed by atoms with Crippen LogP contribution in [-0.2, 0) is 11.3 Å². The Balaban J connectivity index is 1.26. The quantitative estimate of drug-likeness (QED) is 0.160. The molecule has 1 fully saturated rings. The van der Waals surface area contributed by atoms with Gasteiger partial charge in [0, 0.05) is 29.2 Å². The summed E-state index contributed by atoms with van der Waals surface area (Å²) in [4.78, 5) is 21.1. The number of methoxy groups -OCH3 is 1. The molecule has 11 nitrogen and oxygen atoms in total. The smallest absolute Gasteiger partial charge is 0.351 e. The highest BCUT2D eigenvalue weighted by molar-refractivity contribution is 6.36. The maximum atomic E-state index is 14.9. The number of nitrogens with one attached hydrogen (secondary N) is 1. The third-order valence-electron chi connectivity index (χ3n) is 7.41. The Morgan fingerprint density at radius 3 is 2.63 bits per heavy atom. The highest BCUT2D eigenvalue weighted by atomic mass is 35.5. The molecule has 3 aromatic heterocycles. The lowest BCUT2D eigenvalue weighted by Crippen LogP contribution is -2.36. The van der Waals surface area contributed by atoms with E-state index in [0.717, 1.165) is 43.5 Å². The fraction of sp³-hybridized carbons (Fsp3) is 0.321. The van der Waals surface area contributed by atoms with Crippen LogP contribution in [0.4, 0.5) is 10.2 Å². The lowest BCUT2D eigenvalue weighted by Gasteiger charge is -2.18. The second kappa shape index (κ2) is 10.9. The van der Waals surface area contributed by atoms with Crippen molar-refractivity contribution in [1.82, 2.24) is 19.1 Å². The Bertz CT molecular complexity index is 1830. The first-order valence-electron chi connectivity index (χ1n) is 13.0. The van der Waals surface area contributed by atoms with Crippen LogP contribution in [0.3, 0.4) is 0 Å². The number of ether oxygens (including phenoxy) is 2. The number of hydrogen-bond acceptors (Lipinski definition) is 9. The molecule has 4 N–H and O–H groups in total. The lowest BCUT2D eigenvalue weighted by atomic mass is 10.1. The summed E-state index contributed by atoms with van der Waals surface area (Å²) in [7, 11) is 1.60. The minimum absolute atomic E-state index is 0.246. The Hall–Kier alpha value is -3.81. The van der Waals surface area contributed by atoms with E-state index in [4.69, 9.17) is 26.1 Å². The number of fused-ring (bicyclic) bond motifs is 5. The molecule has 13 heteroatoms. The largest absolute Gasteiger partial charge is 0.497 e. The van der Waals surface area contributed by atoms with Gasteiger partial charge in [-0.3, -0.25) is 4.57 Å². The summed E-state index contributed by atoms with van der Waals surface area (Å²) < 4.78 is 28.6. The molecule has 0 radical (unpaired) electrons. The maximum absolute atomic E-state index is 14.9. The van der Waals surface area contributed by atoms with Gasteiger partial charge in [-0.05, 0) is 24.6 Å². The average Bonchev–Trinajstić information content (AvgIpc) is 3.45. The first-order valence-corrected chi connectivity index (χ1v) is 13.4. The standard InChI is InChI=1S/C28H27ClFN5O6/c1-40-14-7-8-19-17(11-14)21-22(15-5-2-3-6-16(15)25(29)32-21)34(19)10-4-9-31-26-18(30)12-35(28(39)33-26)27-24(38)23(37)20(13-36)41-27/h2-3,5-8,11-12,20,23-24,27,36-38H,4,9-10,13H2,1H3,(H,31,33,39)/t20-,23-,24-,27-/m1/s1. The third kappa shape index (κ3) is 4.67. The van der Waals surface area contributed by atoms with Crippen LogP contribution in [0, 0.1) is 5.82 Å². The van der Waals surface area contributed by atoms with Gasteiger partial charge in [0.25, 0.3) is 0 Å². The fourth-order valence-electron chi connectivity index (χ4n) is 5.39. The van der Waals surface area contributed by atoms with Crippen LogP contribution < -0.4 is 15.7 Å². The predicted octanol–water partition coefficient (Wildman–Crippen LogP) is 2.81. The van der Waals surface area contributed by atoms with Crippen molar-refractivity contribution < 1.29 is 29.2 Å². The maximum Gasteiger partial charge on any atom is 0.351 e. The number of aromatic nitrogens is 4. The van der Waals surface area contributed by atoms with Crippen molar-refractivity contribution in [2.24, 2.45) is 0 Å². The summed E-state index contributed by atoms with van der Waals surface area (Å²) in [6.07, 6.45) is -4.04. The van der Waals surface area contributed by atoms with Gasteiger partial charge < -0.3 is 34.7 Å². The summed E-state index contributed by atoms with van der Waals surface area (Å²) in [5.41, 5.74) is 1.72. The number of rotatable bonds is 8. The van der Waals surface area contributed by atoms with Crippen molar-refractivity contribution in [3.05, 3.63) is 70.1 Å². The minimum atomic E-state index is -1.53. The van der Waals surface area contributed by atoms with E-state index in [9.17, 15) is 24.5 Å². The zero-order chi connectivity index (χ0) is 28.8. The van der Waals surface area contributed by atoms with Crippen molar-refractivity contribution in [1.29, 1.82) is 0 Å². The first kappa shape index (κ1) is 27.4. The normalized spacial score (nSPS) is 20.8. The molecule has 214 valence electrons. The molecule has 0 spiro atoms. The van der Waals surface area contributed by atoms with Gasteiger partial charge in [0.15, 0.2) is 17.9 Å². The molecule has 1 aliphatic rings. The Kier molecular flexibility index (Phi) is 7.26. The summed E-state index contributed by atoms with van der Waals surface area (Å²) in [6, 6.07) is 13.5. The molecule has 0 aliphatic carbocycles. The molecule has 0 amide bonds. The molecule has 4 atom stereocenters. The summed E-state index contributed by atoms with van der Waals surface area (Å²) in [6.45, 7) is 0.253. The third-order valence-corrected chi connectivity index (χ3v) is 7.70. The first-order chi connectivity index (χ1) is 19.8. The fourth-order valence-corrected chi connectivity index (χ4v) is 5.64. The molecule has 0 unspecified atom stereocenters. The van der Waals surface area contributed by atoms with Crippen LogP contribution in [0.2, 0.25) is 5.15 Å². The van der Waals surface area contributed by atoms with Gasteiger partial charge in [-0.15, -0.1) is 0 Å². The van der Waals surface area contributed by atoms with Gasteiger partial charge in [0.1, 0.15) is 29.2 Å². The monoisotopic (exact) mass is 583 g/mol.